The molecule has 1 saturated heterocycles. The predicted octanol–water partition coefficient (Wildman–Crippen LogP) is -2.47. The van der Waals surface area contributed by atoms with Gasteiger partial charge in [-0.3, -0.25) is 9.36 Å². The predicted molar refractivity (Wildman–Crippen MR) is 65.8 cm³/mol. The van der Waals surface area contributed by atoms with E-state index in [2.05, 4.69) is 9.47 Å². The lowest BCUT2D eigenvalue weighted by molar-refractivity contribution is -0.207. The van der Waals surface area contributed by atoms with E-state index in [-0.39, 0.29) is 4.57 Å². The standard InChI is InChI=1S/C11H13FN2O8/c1-21-10(20)14-5(16)2-3-13(9(14)19)8-6(17)7(18)11(12,4-15)22-8/h2-3,6-8,15,17-18H,4H2,1H3/t6-,7+,8-,11-/m1/s1. The Morgan fingerprint density at radius 1 is 1.50 bits per heavy atom. The average molecular weight is 320 g/mol. The topological polar surface area (TPSA) is 140 Å². The summed E-state index contributed by atoms with van der Waals surface area (Å²) in [6.45, 7) is -1.27. The molecule has 0 aliphatic carbocycles. The number of halogens is 1. The normalized spacial score (nSPS) is 31.2. The summed E-state index contributed by atoms with van der Waals surface area (Å²) < 4.78 is 23.6. The molecule has 2 heterocycles. The second-order valence-corrected chi connectivity index (χ2v) is 4.54. The zero-order valence-electron chi connectivity index (χ0n) is 11.2. The third-order valence-electron chi connectivity index (χ3n) is 3.23. The molecule has 1 aliphatic heterocycles. The first-order valence-electron chi connectivity index (χ1n) is 6.03. The van der Waals surface area contributed by atoms with Crippen molar-refractivity contribution in [2.75, 3.05) is 13.7 Å². The SMILES string of the molecule is COC(=O)n1c(=O)ccn([C@@H]2O[C@](F)(CO)[C@@H](O)[C@H]2O)c1=O. The summed E-state index contributed by atoms with van der Waals surface area (Å²) in [5.74, 6) is -2.99. The first-order chi connectivity index (χ1) is 10.3. The fourth-order valence-corrected chi connectivity index (χ4v) is 2.05. The number of ether oxygens (including phenoxy) is 2. The van der Waals surface area contributed by atoms with Crippen molar-refractivity contribution in [3.05, 3.63) is 33.1 Å². The van der Waals surface area contributed by atoms with Crippen LogP contribution in [0.5, 0.6) is 0 Å². The van der Waals surface area contributed by atoms with Crippen LogP contribution >= 0.6 is 0 Å². The van der Waals surface area contributed by atoms with Crippen molar-refractivity contribution in [2.45, 2.75) is 24.3 Å². The lowest BCUT2D eigenvalue weighted by Gasteiger charge is -2.20. The van der Waals surface area contributed by atoms with Gasteiger partial charge in [0.15, 0.2) is 6.23 Å². The van der Waals surface area contributed by atoms with E-state index < -0.39 is 48.2 Å². The smallest absolute Gasteiger partial charge is 0.425 e. The highest BCUT2D eigenvalue weighted by Gasteiger charge is 2.56. The number of aliphatic hydroxyl groups is 3. The van der Waals surface area contributed by atoms with Crippen molar-refractivity contribution >= 4 is 6.09 Å². The largest absolute Gasteiger partial charge is 0.452 e. The van der Waals surface area contributed by atoms with E-state index in [1.54, 1.807) is 0 Å². The summed E-state index contributed by atoms with van der Waals surface area (Å²) in [5.41, 5.74) is -2.27. The van der Waals surface area contributed by atoms with E-state index in [4.69, 9.17) is 5.11 Å². The van der Waals surface area contributed by atoms with Crippen LogP contribution in [-0.2, 0) is 9.47 Å². The molecular weight excluding hydrogens is 307 g/mol. The van der Waals surface area contributed by atoms with Gasteiger partial charge >= 0.3 is 11.8 Å². The molecule has 0 spiro atoms. The van der Waals surface area contributed by atoms with Gasteiger partial charge in [0.25, 0.3) is 11.4 Å². The first-order valence-corrected chi connectivity index (χ1v) is 6.03. The van der Waals surface area contributed by atoms with Crippen molar-refractivity contribution in [1.82, 2.24) is 9.13 Å². The van der Waals surface area contributed by atoms with Gasteiger partial charge in [0.05, 0.1) is 7.11 Å². The van der Waals surface area contributed by atoms with Crippen LogP contribution < -0.4 is 11.2 Å². The van der Waals surface area contributed by atoms with Gasteiger partial charge in [0.2, 0.25) is 0 Å². The number of rotatable bonds is 2. The molecule has 0 unspecified atom stereocenters. The molecule has 22 heavy (non-hydrogen) atoms. The molecule has 2 rings (SSSR count). The summed E-state index contributed by atoms with van der Waals surface area (Å²) in [5, 5.41) is 28.2. The molecule has 0 amide bonds. The number of carbonyl (C=O) groups excluding carboxylic acids is 1. The Balaban J connectivity index is 2.54. The monoisotopic (exact) mass is 320 g/mol. The van der Waals surface area contributed by atoms with Gasteiger partial charge in [-0.25, -0.2) is 14.0 Å². The summed E-state index contributed by atoms with van der Waals surface area (Å²) >= 11 is 0. The van der Waals surface area contributed by atoms with Crippen LogP contribution in [0.4, 0.5) is 9.18 Å². The molecule has 1 aliphatic rings. The molecule has 0 bridgehead atoms. The second-order valence-electron chi connectivity index (χ2n) is 4.54. The Labute approximate surface area is 121 Å². The minimum Gasteiger partial charge on any atom is -0.452 e. The summed E-state index contributed by atoms with van der Waals surface area (Å²) in [6, 6.07) is 0.790. The highest BCUT2D eigenvalue weighted by molar-refractivity contribution is 5.69. The molecule has 1 fully saturated rings. The molecule has 10 nitrogen and oxygen atoms in total. The second kappa shape index (κ2) is 5.61. The number of methoxy groups -OCH3 is 1. The van der Waals surface area contributed by atoms with Crippen molar-refractivity contribution in [1.29, 1.82) is 0 Å². The van der Waals surface area contributed by atoms with Gasteiger partial charge < -0.3 is 24.8 Å². The van der Waals surface area contributed by atoms with E-state index >= 15 is 0 Å². The highest BCUT2D eigenvalue weighted by Crippen LogP contribution is 2.37. The van der Waals surface area contributed by atoms with Crippen LogP contribution in [0.1, 0.15) is 6.23 Å². The van der Waals surface area contributed by atoms with E-state index in [0.29, 0.717) is 4.57 Å². The minimum atomic E-state index is -2.99. The zero-order valence-corrected chi connectivity index (χ0v) is 11.2. The molecule has 1 aromatic heterocycles. The lowest BCUT2D eigenvalue weighted by Crippen LogP contribution is -2.46. The van der Waals surface area contributed by atoms with Gasteiger partial charge in [-0.1, -0.05) is 0 Å². The van der Waals surface area contributed by atoms with Crippen molar-refractivity contribution in [3.63, 3.8) is 0 Å². The number of hydrogen-bond acceptors (Lipinski definition) is 8. The number of aromatic nitrogens is 2. The van der Waals surface area contributed by atoms with Crippen molar-refractivity contribution < 1.29 is 34.0 Å². The molecule has 0 aromatic carbocycles. The Hall–Kier alpha value is -2.08. The van der Waals surface area contributed by atoms with Crippen LogP contribution in [0.2, 0.25) is 0 Å². The van der Waals surface area contributed by atoms with Crippen LogP contribution in [0.15, 0.2) is 21.9 Å². The molecule has 0 saturated carbocycles. The fourth-order valence-electron chi connectivity index (χ4n) is 2.05. The van der Waals surface area contributed by atoms with Gasteiger partial charge in [-0.15, -0.1) is 0 Å². The van der Waals surface area contributed by atoms with Crippen molar-refractivity contribution in [2.24, 2.45) is 0 Å². The molecule has 3 N–H and O–H groups in total. The minimum absolute atomic E-state index is 0.0969. The van der Waals surface area contributed by atoms with Crippen LogP contribution in [0.25, 0.3) is 0 Å². The molecule has 0 radical (unpaired) electrons. The van der Waals surface area contributed by atoms with Crippen LogP contribution in [0, 0.1) is 0 Å². The number of carbonyl (C=O) groups is 1. The zero-order chi connectivity index (χ0) is 16.7. The van der Waals surface area contributed by atoms with E-state index in [9.17, 15) is 29.0 Å². The quantitative estimate of drug-likeness (QED) is 0.545. The van der Waals surface area contributed by atoms with E-state index in [1.807, 2.05) is 0 Å². The van der Waals surface area contributed by atoms with Gasteiger partial charge in [0.1, 0.15) is 18.8 Å². The summed E-state index contributed by atoms with van der Waals surface area (Å²) in [4.78, 5) is 35.0. The molecule has 1 aromatic rings. The lowest BCUT2D eigenvalue weighted by atomic mass is 10.1. The number of nitrogens with zero attached hydrogens (tertiary/aromatic N) is 2. The maximum absolute atomic E-state index is 14.0. The molecule has 4 atom stereocenters. The maximum Gasteiger partial charge on any atom is 0.425 e. The molecule has 122 valence electrons. The first kappa shape index (κ1) is 16.3. The van der Waals surface area contributed by atoms with Crippen LogP contribution in [-0.4, -0.2) is 62.3 Å². The molecule has 11 heteroatoms. The van der Waals surface area contributed by atoms with Gasteiger partial charge in [-0.05, 0) is 0 Å². The average Bonchev–Trinajstić information content (AvgIpc) is 2.72. The Kier molecular flexibility index (Phi) is 4.15. The fraction of sp³-hybridized carbons (Fsp3) is 0.545. The number of aliphatic hydroxyl groups excluding tert-OH is 3. The van der Waals surface area contributed by atoms with Gasteiger partial charge in [-0.2, -0.15) is 4.57 Å². The van der Waals surface area contributed by atoms with E-state index in [0.717, 1.165) is 19.4 Å². The van der Waals surface area contributed by atoms with E-state index in [1.165, 1.54) is 0 Å². The third kappa shape index (κ3) is 2.33. The highest BCUT2D eigenvalue weighted by atomic mass is 19.2. The van der Waals surface area contributed by atoms with Crippen LogP contribution in [0.3, 0.4) is 0 Å². The number of hydrogen-bond donors (Lipinski definition) is 3. The summed E-state index contributed by atoms with van der Waals surface area (Å²) in [7, 11) is 0.939. The number of alkyl halides is 1. The third-order valence-corrected chi connectivity index (χ3v) is 3.23. The Morgan fingerprint density at radius 2 is 2.14 bits per heavy atom. The summed E-state index contributed by atoms with van der Waals surface area (Å²) in [6.07, 6.45) is -6.23. The molecular formula is C11H13FN2O8. The Morgan fingerprint density at radius 3 is 2.64 bits per heavy atom. The van der Waals surface area contributed by atoms with Crippen molar-refractivity contribution in [3.8, 4) is 0 Å². The Bertz CT molecular complexity index is 700. The van der Waals surface area contributed by atoms with Gasteiger partial charge in [0, 0.05) is 12.3 Å². The maximum atomic E-state index is 14.0.